The van der Waals surface area contributed by atoms with Gasteiger partial charge in [-0.3, -0.25) is 0 Å². The minimum atomic E-state index is -0.708. The van der Waals surface area contributed by atoms with E-state index in [1.807, 2.05) is 0 Å². The van der Waals surface area contributed by atoms with Gasteiger partial charge in [0.2, 0.25) is 0 Å². The number of anilines is 1. The minimum Gasteiger partial charge on any atom is -0.390 e. The molecule has 2 N–H and O–H groups in total. The van der Waals surface area contributed by atoms with Crippen molar-refractivity contribution < 1.29 is 13.9 Å². The van der Waals surface area contributed by atoms with E-state index < -0.39 is 23.3 Å². The first-order chi connectivity index (χ1) is 7.33. The second-order valence-electron chi connectivity index (χ2n) is 4.93. The van der Waals surface area contributed by atoms with Crippen LogP contribution in [0.25, 0.3) is 0 Å². The Kier molecular flexibility index (Phi) is 2.42. The first-order valence-electron chi connectivity index (χ1n) is 5.28. The van der Waals surface area contributed by atoms with Gasteiger partial charge in [-0.05, 0) is 19.9 Å². The first-order valence-corrected chi connectivity index (χ1v) is 5.28. The molecule has 2 atom stereocenters. The zero-order valence-electron chi connectivity index (χ0n) is 9.51. The maximum atomic E-state index is 13.6. The van der Waals surface area contributed by atoms with Gasteiger partial charge in [-0.1, -0.05) is 6.92 Å². The van der Waals surface area contributed by atoms with E-state index in [9.17, 15) is 13.9 Å². The number of aliphatic hydroxyl groups is 1. The fraction of sp³-hybridized carbons (Fsp3) is 0.500. The molecule has 2 nitrogen and oxygen atoms in total. The lowest BCUT2D eigenvalue weighted by Crippen LogP contribution is -2.50. The number of hydrogen-bond acceptors (Lipinski definition) is 2. The van der Waals surface area contributed by atoms with Gasteiger partial charge in [0.25, 0.3) is 0 Å². The standard InChI is InChI=1S/C12H15F2NO/c1-6-10-8(14)4-7(13)5-9(10)15-12(2,3)11(6)16/h4-6,11,15-16H,1-3H3/t6-,11?/m0/s1. The van der Waals surface area contributed by atoms with Gasteiger partial charge in [-0.2, -0.15) is 0 Å². The predicted molar refractivity (Wildman–Crippen MR) is 58.5 cm³/mol. The number of halogens is 2. The molecule has 1 unspecified atom stereocenters. The highest BCUT2D eigenvalue weighted by molar-refractivity contribution is 5.58. The van der Waals surface area contributed by atoms with Crippen molar-refractivity contribution in [1.82, 2.24) is 0 Å². The molecule has 1 aliphatic heterocycles. The third-order valence-corrected chi connectivity index (χ3v) is 3.22. The average molecular weight is 227 g/mol. The Balaban J connectivity index is 2.59. The molecule has 2 rings (SSSR count). The van der Waals surface area contributed by atoms with Gasteiger partial charge in [0.1, 0.15) is 11.6 Å². The van der Waals surface area contributed by atoms with Crippen molar-refractivity contribution in [2.45, 2.75) is 38.3 Å². The number of nitrogens with one attached hydrogen (secondary N) is 1. The van der Waals surface area contributed by atoms with Gasteiger partial charge >= 0.3 is 0 Å². The van der Waals surface area contributed by atoms with Crippen molar-refractivity contribution in [3.05, 3.63) is 29.3 Å². The molecule has 0 amide bonds. The van der Waals surface area contributed by atoms with Gasteiger partial charge in [0.05, 0.1) is 11.6 Å². The SMILES string of the molecule is C[C@H]1c2c(F)cc(F)cc2NC(C)(C)C1O. The van der Waals surface area contributed by atoms with E-state index in [1.165, 1.54) is 6.07 Å². The third-order valence-electron chi connectivity index (χ3n) is 3.22. The smallest absolute Gasteiger partial charge is 0.131 e. The molecule has 0 radical (unpaired) electrons. The molecule has 0 saturated heterocycles. The van der Waals surface area contributed by atoms with Crippen molar-refractivity contribution in [1.29, 1.82) is 0 Å². The lowest BCUT2D eigenvalue weighted by Gasteiger charge is -2.42. The Bertz CT molecular complexity index is 431. The van der Waals surface area contributed by atoms with Crippen molar-refractivity contribution in [2.75, 3.05) is 5.32 Å². The number of rotatable bonds is 0. The van der Waals surface area contributed by atoms with E-state index in [0.717, 1.165) is 6.07 Å². The van der Waals surface area contributed by atoms with Crippen molar-refractivity contribution in [3.63, 3.8) is 0 Å². The number of benzene rings is 1. The molecule has 1 aromatic carbocycles. The molecule has 0 spiro atoms. The van der Waals surface area contributed by atoms with Crippen molar-refractivity contribution in [2.24, 2.45) is 0 Å². The Morgan fingerprint density at radius 1 is 1.31 bits per heavy atom. The van der Waals surface area contributed by atoms with Crippen LogP contribution in [-0.4, -0.2) is 16.7 Å². The van der Waals surface area contributed by atoms with Gasteiger partial charge in [0, 0.05) is 23.2 Å². The van der Waals surface area contributed by atoms with E-state index in [0.29, 0.717) is 11.3 Å². The van der Waals surface area contributed by atoms with E-state index in [4.69, 9.17) is 0 Å². The average Bonchev–Trinajstić information content (AvgIpc) is 2.12. The first kappa shape index (κ1) is 11.3. The van der Waals surface area contributed by atoms with E-state index in [-0.39, 0.29) is 5.92 Å². The fourth-order valence-electron chi connectivity index (χ4n) is 2.35. The highest BCUT2D eigenvalue weighted by Gasteiger charge is 2.40. The van der Waals surface area contributed by atoms with Crippen LogP contribution < -0.4 is 5.32 Å². The molecule has 0 fully saturated rings. The monoisotopic (exact) mass is 227 g/mol. The van der Waals surface area contributed by atoms with Gasteiger partial charge in [0.15, 0.2) is 0 Å². The summed E-state index contributed by atoms with van der Waals surface area (Å²) in [7, 11) is 0. The van der Waals surface area contributed by atoms with Crippen LogP contribution in [0.2, 0.25) is 0 Å². The molecular formula is C12H15F2NO. The molecule has 0 aromatic heterocycles. The molecule has 1 heterocycles. The van der Waals surface area contributed by atoms with Gasteiger partial charge in [-0.25, -0.2) is 8.78 Å². The molecule has 0 bridgehead atoms. The molecule has 16 heavy (non-hydrogen) atoms. The van der Waals surface area contributed by atoms with Crippen LogP contribution in [0.1, 0.15) is 32.3 Å². The predicted octanol–water partition coefficient (Wildman–Crippen LogP) is 2.63. The molecular weight excluding hydrogens is 212 g/mol. The second-order valence-corrected chi connectivity index (χ2v) is 4.93. The van der Waals surface area contributed by atoms with Crippen LogP contribution in [0, 0.1) is 11.6 Å². The van der Waals surface area contributed by atoms with Gasteiger partial charge < -0.3 is 10.4 Å². The summed E-state index contributed by atoms with van der Waals surface area (Å²) in [6, 6.07) is 2.12. The van der Waals surface area contributed by atoms with Crippen molar-refractivity contribution >= 4 is 5.69 Å². The zero-order valence-corrected chi connectivity index (χ0v) is 9.51. The fourth-order valence-corrected chi connectivity index (χ4v) is 2.35. The molecule has 0 aliphatic carbocycles. The van der Waals surface area contributed by atoms with Crippen LogP contribution in [0.3, 0.4) is 0 Å². The highest BCUT2D eigenvalue weighted by Crippen LogP contribution is 2.40. The summed E-state index contributed by atoms with van der Waals surface area (Å²) in [4.78, 5) is 0. The topological polar surface area (TPSA) is 32.3 Å². The quantitative estimate of drug-likeness (QED) is 0.714. The summed E-state index contributed by atoms with van der Waals surface area (Å²) in [6.45, 7) is 5.35. The Hall–Kier alpha value is -1.16. The number of fused-ring (bicyclic) bond motifs is 1. The van der Waals surface area contributed by atoms with Crippen LogP contribution in [0.5, 0.6) is 0 Å². The molecule has 1 aliphatic rings. The van der Waals surface area contributed by atoms with E-state index in [1.54, 1.807) is 20.8 Å². The normalized spacial score (nSPS) is 27.1. The van der Waals surface area contributed by atoms with Crippen LogP contribution in [0.4, 0.5) is 14.5 Å². The third kappa shape index (κ3) is 1.57. The largest absolute Gasteiger partial charge is 0.390 e. The maximum absolute atomic E-state index is 13.6. The maximum Gasteiger partial charge on any atom is 0.131 e. The summed E-state index contributed by atoms with van der Waals surface area (Å²) in [5.74, 6) is -1.57. The molecule has 88 valence electrons. The summed E-state index contributed by atoms with van der Waals surface area (Å²) >= 11 is 0. The van der Waals surface area contributed by atoms with Crippen molar-refractivity contribution in [3.8, 4) is 0 Å². The lowest BCUT2D eigenvalue weighted by atomic mass is 9.79. The number of hydrogen-bond donors (Lipinski definition) is 2. The summed E-state index contributed by atoms with van der Waals surface area (Å²) in [5.41, 5.74) is 0.195. The lowest BCUT2D eigenvalue weighted by molar-refractivity contribution is 0.0854. The van der Waals surface area contributed by atoms with E-state index >= 15 is 0 Å². The Morgan fingerprint density at radius 3 is 2.56 bits per heavy atom. The summed E-state index contributed by atoms with van der Waals surface area (Å²) in [5, 5.41) is 13.0. The Labute approximate surface area is 93.3 Å². The van der Waals surface area contributed by atoms with Gasteiger partial charge in [-0.15, -0.1) is 0 Å². The number of aliphatic hydroxyl groups excluding tert-OH is 1. The second kappa shape index (κ2) is 3.42. The highest BCUT2D eigenvalue weighted by atomic mass is 19.1. The van der Waals surface area contributed by atoms with E-state index in [2.05, 4.69) is 5.32 Å². The molecule has 0 saturated carbocycles. The van der Waals surface area contributed by atoms with Crippen LogP contribution in [-0.2, 0) is 0 Å². The summed E-state index contributed by atoms with van der Waals surface area (Å²) < 4.78 is 26.7. The minimum absolute atomic E-state index is 0.355. The van der Waals surface area contributed by atoms with Crippen LogP contribution >= 0.6 is 0 Å². The summed E-state index contributed by atoms with van der Waals surface area (Å²) in [6.07, 6.45) is -0.708. The van der Waals surface area contributed by atoms with Crippen LogP contribution in [0.15, 0.2) is 12.1 Å². The Morgan fingerprint density at radius 2 is 1.94 bits per heavy atom. The molecule has 1 aromatic rings. The zero-order chi connectivity index (χ0) is 12.1. The molecule has 4 heteroatoms.